The molecule has 6 nitrogen and oxygen atoms in total. The molecule has 1 amide bonds. The van der Waals surface area contributed by atoms with E-state index < -0.39 is 0 Å². The van der Waals surface area contributed by atoms with Gasteiger partial charge in [-0.15, -0.1) is 0 Å². The summed E-state index contributed by atoms with van der Waals surface area (Å²) in [6, 6.07) is 18.6. The highest BCUT2D eigenvalue weighted by Crippen LogP contribution is 2.28. The van der Waals surface area contributed by atoms with Crippen LogP contribution in [0.25, 0.3) is 11.1 Å². The Hall–Kier alpha value is -3.43. The molecule has 1 heterocycles. The van der Waals surface area contributed by atoms with Crippen molar-refractivity contribution < 1.29 is 4.79 Å². The molecule has 160 valence electrons. The Bertz CT molecular complexity index is 1000. The summed E-state index contributed by atoms with van der Waals surface area (Å²) in [5, 5.41) is 14.9. The van der Waals surface area contributed by atoms with Crippen molar-refractivity contribution in [3.8, 4) is 17.2 Å². The van der Waals surface area contributed by atoms with Crippen molar-refractivity contribution in [3.05, 3.63) is 77.9 Å². The minimum absolute atomic E-state index is 0.0303. The van der Waals surface area contributed by atoms with Crippen molar-refractivity contribution >= 4 is 5.91 Å². The van der Waals surface area contributed by atoms with Crippen LogP contribution < -0.4 is 10.6 Å². The van der Waals surface area contributed by atoms with Gasteiger partial charge in [-0.25, -0.2) is 4.98 Å². The number of hydrogen-bond donors (Lipinski definition) is 3. The van der Waals surface area contributed by atoms with E-state index in [0.717, 1.165) is 35.5 Å². The van der Waals surface area contributed by atoms with Gasteiger partial charge in [-0.3, -0.25) is 4.79 Å². The average molecular weight is 416 g/mol. The molecule has 0 saturated heterocycles. The number of H-pyrrole nitrogens is 1. The van der Waals surface area contributed by atoms with Crippen LogP contribution in [0.2, 0.25) is 0 Å². The first-order valence-corrected chi connectivity index (χ1v) is 10.6. The number of benzene rings is 2. The summed E-state index contributed by atoms with van der Waals surface area (Å²) in [7, 11) is 0. The number of hydrogen-bond acceptors (Lipinski definition) is 4. The molecular formula is C25H29N5O. The summed E-state index contributed by atoms with van der Waals surface area (Å²) in [6.07, 6.45) is 4.30. The zero-order chi connectivity index (χ0) is 22.1. The molecule has 3 N–H and O–H groups in total. The highest BCUT2D eigenvalue weighted by atomic mass is 16.1. The van der Waals surface area contributed by atoms with E-state index >= 15 is 0 Å². The molecule has 0 aliphatic carbocycles. The number of carbonyl (C=O) groups excluding carboxylic acids is 1. The van der Waals surface area contributed by atoms with Gasteiger partial charge in [-0.2, -0.15) is 5.26 Å². The van der Waals surface area contributed by atoms with Gasteiger partial charge in [-0.05, 0) is 34.6 Å². The Labute approximate surface area is 183 Å². The first-order valence-electron chi connectivity index (χ1n) is 10.6. The summed E-state index contributed by atoms with van der Waals surface area (Å²) in [4.78, 5) is 19.9. The van der Waals surface area contributed by atoms with Gasteiger partial charge in [0.05, 0.1) is 18.5 Å². The van der Waals surface area contributed by atoms with Crippen molar-refractivity contribution in [3.63, 3.8) is 0 Å². The van der Waals surface area contributed by atoms with Gasteiger partial charge in [0.15, 0.2) is 0 Å². The van der Waals surface area contributed by atoms with Crippen LogP contribution in [0.5, 0.6) is 0 Å². The fraction of sp³-hybridized carbons (Fsp3) is 0.320. The molecule has 3 rings (SSSR count). The van der Waals surface area contributed by atoms with Crippen LogP contribution in [-0.2, 0) is 17.9 Å². The number of rotatable bonds is 10. The Balaban J connectivity index is 1.70. The van der Waals surface area contributed by atoms with Crippen molar-refractivity contribution in [2.45, 2.75) is 39.3 Å². The van der Waals surface area contributed by atoms with Gasteiger partial charge in [0.25, 0.3) is 0 Å². The van der Waals surface area contributed by atoms with Gasteiger partial charge in [0, 0.05) is 18.9 Å². The van der Waals surface area contributed by atoms with Crippen LogP contribution >= 0.6 is 0 Å². The normalized spacial score (nSPS) is 11.8. The topological polar surface area (TPSA) is 93.6 Å². The summed E-state index contributed by atoms with van der Waals surface area (Å²) >= 11 is 0. The number of nitrogens with zero attached hydrogens (tertiary/aromatic N) is 2. The van der Waals surface area contributed by atoms with Crippen LogP contribution in [0.3, 0.4) is 0 Å². The van der Waals surface area contributed by atoms with E-state index in [9.17, 15) is 4.79 Å². The lowest BCUT2D eigenvalue weighted by molar-refractivity contribution is -0.122. The van der Waals surface area contributed by atoms with Crippen LogP contribution in [0.4, 0.5) is 0 Å². The first kappa shape index (κ1) is 22.3. The predicted octanol–water partition coefficient (Wildman–Crippen LogP) is 4.14. The van der Waals surface area contributed by atoms with E-state index in [-0.39, 0.29) is 18.4 Å². The smallest absolute Gasteiger partial charge is 0.228 e. The zero-order valence-electron chi connectivity index (χ0n) is 18.1. The van der Waals surface area contributed by atoms with Crippen molar-refractivity contribution in [2.24, 2.45) is 5.92 Å². The number of imidazole rings is 1. The number of nitrogens with one attached hydrogen (secondary N) is 3. The third-order valence-corrected chi connectivity index (χ3v) is 5.12. The van der Waals surface area contributed by atoms with Gasteiger partial charge in [-0.1, -0.05) is 62.4 Å². The molecule has 1 unspecified atom stereocenters. The first-order chi connectivity index (χ1) is 15.1. The van der Waals surface area contributed by atoms with Gasteiger partial charge in [0.1, 0.15) is 12.4 Å². The quantitative estimate of drug-likeness (QED) is 0.434. The lowest BCUT2D eigenvalue weighted by atomic mass is 9.88. The minimum atomic E-state index is -0.265. The molecule has 0 aliphatic rings. The van der Waals surface area contributed by atoms with E-state index in [4.69, 9.17) is 5.26 Å². The monoisotopic (exact) mass is 415 g/mol. The number of carbonyl (C=O) groups is 1. The standard InChI is InChI=1S/C25H29N5O/c1-18(2)14-23(25(31)30-11-10-26)22-5-3-4-21(15-22)20-8-6-19(7-9-20)16-27-17-24-28-12-13-29-24/h3-9,12-13,15,18,23,27H,11,14,16-17H2,1-2H3,(H,28,29)(H,30,31). The van der Waals surface area contributed by atoms with Gasteiger partial charge < -0.3 is 15.6 Å². The van der Waals surface area contributed by atoms with E-state index in [1.165, 1.54) is 5.56 Å². The molecule has 1 aromatic heterocycles. The lowest BCUT2D eigenvalue weighted by Crippen LogP contribution is -2.30. The van der Waals surface area contributed by atoms with Crippen LogP contribution in [-0.4, -0.2) is 22.4 Å². The maximum atomic E-state index is 12.6. The van der Waals surface area contributed by atoms with Gasteiger partial charge in [0.2, 0.25) is 5.91 Å². The Morgan fingerprint density at radius 3 is 2.61 bits per heavy atom. The fourth-order valence-corrected chi connectivity index (χ4v) is 3.59. The maximum Gasteiger partial charge on any atom is 0.228 e. The maximum absolute atomic E-state index is 12.6. The second-order valence-corrected chi connectivity index (χ2v) is 8.02. The fourth-order valence-electron chi connectivity index (χ4n) is 3.59. The lowest BCUT2D eigenvalue weighted by Gasteiger charge is -2.19. The molecule has 3 aromatic rings. The van der Waals surface area contributed by atoms with E-state index in [1.54, 1.807) is 6.20 Å². The van der Waals surface area contributed by atoms with Crippen molar-refractivity contribution in [2.75, 3.05) is 6.54 Å². The molecule has 0 saturated carbocycles. The molecular weight excluding hydrogens is 386 g/mol. The third kappa shape index (κ3) is 6.53. The van der Waals surface area contributed by atoms with Gasteiger partial charge >= 0.3 is 0 Å². The molecule has 0 spiro atoms. The summed E-state index contributed by atoms with van der Waals surface area (Å²) in [5.74, 6) is 0.932. The number of amides is 1. The Morgan fingerprint density at radius 1 is 1.13 bits per heavy atom. The summed E-state index contributed by atoms with van der Waals surface area (Å²) < 4.78 is 0. The van der Waals surface area contributed by atoms with Crippen molar-refractivity contribution in [1.82, 2.24) is 20.6 Å². The highest BCUT2D eigenvalue weighted by Gasteiger charge is 2.22. The second kappa shape index (κ2) is 11.1. The molecule has 2 aromatic carbocycles. The van der Waals surface area contributed by atoms with Crippen LogP contribution in [0, 0.1) is 17.2 Å². The Kier molecular flexibility index (Phi) is 7.97. The number of nitriles is 1. The molecule has 1 atom stereocenters. The van der Waals surface area contributed by atoms with E-state index in [0.29, 0.717) is 12.5 Å². The zero-order valence-corrected chi connectivity index (χ0v) is 18.1. The molecule has 0 fully saturated rings. The predicted molar refractivity (Wildman–Crippen MR) is 122 cm³/mol. The second-order valence-electron chi connectivity index (χ2n) is 8.02. The van der Waals surface area contributed by atoms with E-state index in [2.05, 4.69) is 70.8 Å². The molecule has 31 heavy (non-hydrogen) atoms. The van der Waals surface area contributed by atoms with Crippen LogP contribution in [0.15, 0.2) is 60.9 Å². The number of aromatic amines is 1. The minimum Gasteiger partial charge on any atom is -0.348 e. The number of aromatic nitrogens is 2. The third-order valence-electron chi connectivity index (χ3n) is 5.12. The summed E-state index contributed by atoms with van der Waals surface area (Å²) in [6.45, 7) is 5.70. The molecule has 0 radical (unpaired) electrons. The largest absolute Gasteiger partial charge is 0.348 e. The Morgan fingerprint density at radius 2 is 1.94 bits per heavy atom. The van der Waals surface area contributed by atoms with E-state index in [1.807, 2.05) is 24.4 Å². The average Bonchev–Trinajstić information content (AvgIpc) is 3.30. The highest BCUT2D eigenvalue weighted by molar-refractivity contribution is 5.84. The van der Waals surface area contributed by atoms with Crippen molar-refractivity contribution in [1.29, 1.82) is 5.26 Å². The summed E-state index contributed by atoms with van der Waals surface area (Å²) in [5.41, 5.74) is 4.36. The molecule has 6 heteroatoms. The molecule has 0 aliphatic heterocycles. The van der Waals surface area contributed by atoms with Crippen LogP contribution in [0.1, 0.15) is 43.1 Å². The molecule has 0 bridgehead atoms. The SMILES string of the molecule is CC(C)CC(C(=O)NCC#N)c1cccc(-c2ccc(CNCc3ncc[nH]3)cc2)c1.